The van der Waals surface area contributed by atoms with Crippen LogP contribution in [-0.4, -0.2) is 26.3 Å². The number of hydrogen-bond acceptors (Lipinski definition) is 2. The normalized spacial score (nSPS) is 10.9. The molecule has 3 aromatic rings. The van der Waals surface area contributed by atoms with Crippen molar-refractivity contribution in [1.82, 2.24) is 9.97 Å². The Kier molecular flexibility index (Phi) is 1.95. The molecule has 2 nitrogen and oxygen atoms in total. The largest absolute Gasteiger partial charge is 0.262 e. The van der Waals surface area contributed by atoms with Crippen LogP contribution in [0.3, 0.4) is 0 Å². The van der Waals surface area contributed by atoms with Crippen molar-refractivity contribution in [2.24, 2.45) is 0 Å². The Labute approximate surface area is 95.4 Å². The fourth-order valence-corrected chi connectivity index (χ4v) is 2.12. The Bertz CT molecular complexity index is 649. The van der Waals surface area contributed by atoms with E-state index < -0.39 is 0 Å². The molecule has 0 unspecified atom stereocenters. The third kappa shape index (κ3) is 1.32. The molecule has 2 aromatic carbocycles. The molecule has 0 aliphatic carbocycles. The van der Waals surface area contributed by atoms with Gasteiger partial charge in [-0.2, -0.15) is 0 Å². The van der Waals surface area contributed by atoms with Crippen LogP contribution in [-0.2, 0) is 0 Å². The Morgan fingerprint density at radius 2 is 1.73 bits per heavy atom. The average Bonchev–Trinajstić information content (AvgIpc) is 2.29. The van der Waals surface area contributed by atoms with E-state index in [4.69, 9.17) is 0 Å². The lowest BCUT2D eigenvalue weighted by molar-refractivity contribution is 1.26. The van der Waals surface area contributed by atoms with Gasteiger partial charge in [-0.1, -0.05) is 36.4 Å². The molecule has 3 heteroatoms. The van der Waals surface area contributed by atoms with Crippen LogP contribution >= 0.6 is 0 Å². The molecule has 0 saturated carbocycles. The molecule has 1 heterocycles. The summed E-state index contributed by atoms with van der Waals surface area (Å²) in [5.74, 6) is 0. The molecule has 0 atom stereocenters. The second-order valence-corrected chi connectivity index (χ2v) is 3.99. The summed E-state index contributed by atoms with van der Waals surface area (Å²) in [5, 5.41) is 3.50. The van der Waals surface area contributed by atoms with Crippen molar-refractivity contribution in [2.75, 3.05) is 0 Å². The first-order chi connectivity index (χ1) is 7.36. The summed E-state index contributed by atoms with van der Waals surface area (Å²) in [7, 11) is 0. The lowest BCUT2D eigenvalue weighted by atomic mass is 10.1. The predicted octanol–water partition coefficient (Wildman–Crippen LogP) is 1.58. The van der Waals surface area contributed by atoms with Crippen molar-refractivity contribution < 1.29 is 0 Å². The van der Waals surface area contributed by atoms with E-state index in [0.29, 0.717) is 0 Å². The Hall–Kier alpha value is -1.43. The number of rotatable bonds is 0. The van der Waals surface area contributed by atoms with Gasteiger partial charge in [0.05, 0.1) is 5.52 Å². The maximum atomic E-state index is 4.35. The highest BCUT2D eigenvalue weighted by Gasteiger charge is 2.02. The van der Waals surface area contributed by atoms with Gasteiger partial charge in [0.25, 0.3) is 0 Å². The molecule has 0 N–H and O–H groups in total. The van der Waals surface area contributed by atoms with Crippen LogP contribution < -0.4 is 4.56 Å². The molecule has 0 amide bonds. The zero-order valence-electron chi connectivity index (χ0n) is 8.01. The summed E-state index contributed by atoms with van der Waals surface area (Å²) in [4.78, 5) is 8.51. The average molecular weight is 206 g/mol. The van der Waals surface area contributed by atoms with E-state index in [9.17, 15) is 0 Å². The maximum Gasteiger partial charge on any atom is 0.211 e. The van der Waals surface area contributed by atoms with Crippen LogP contribution in [0.1, 0.15) is 0 Å². The van der Waals surface area contributed by atoms with Crippen molar-refractivity contribution in [3.05, 3.63) is 42.7 Å². The lowest BCUT2D eigenvalue weighted by Crippen LogP contribution is -2.09. The Balaban J connectivity index is 2.60. The molecule has 0 saturated heterocycles. The first kappa shape index (κ1) is 8.85. The topological polar surface area (TPSA) is 25.8 Å². The molecule has 0 aliphatic heterocycles. The van der Waals surface area contributed by atoms with Gasteiger partial charge in [0.2, 0.25) is 16.3 Å². The Morgan fingerprint density at radius 3 is 2.67 bits per heavy atom. The summed E-state index contributed by atoms with van der Waals surface area (Å²) in [5.41, 5.74) is 1.02. The molecule has 0 bridgehead atoms. The summed E-state index contributed by atoms with van der Waals surface area (Å²) in [6.45, 7) is 0. The van der Waals surface area contributed by atoms with Gasteiger partial charge in [0.1, 0.15) is 6.33 Å². The summed E-state index contributed by atoms with van der Waals surface area (Å²) < 4.78 is 0.950. The van der Waals surface area contributed by atoms with Gasteiger partial charge in [0, 0.05) is 10.8 Å². The summed E-state index contributed by atoms with van der Waals surface area (Å²) >= 11 is 2.64. The van der Waals surface area contributed by atoms with E-state index in [2.05, 4.69) is 50.5 Å². The number of aromatic nitrogens is 2. The van der Waals surface area contributed by atoms with Gasteiger partial charge in [-0.15, -0.1) is 0 Å². The van der Waals surface area contributed by atoms with E-state index in [1.165, 1.54) is 10.8 Å². The van der Waals surface area contributed by atoms with Crippen molar-refractivity contribution in [3.8, 4) is 0 Å². The van der Waals surface area contributed by atoms with Crippen LogP contribution in [0.4, 0.5) is 0 Å². The highest BCUT2D eigenvalue weighted by atomic mass is 27.0. The molecular weight excluding hydrogens is 199 g/mol. The fraction of sp³-hybridized carbons (Fsp3) is 0. The van der Waals surface area contributed by atoms with Gasteiger partial charge >= 0.3 is 0 Å². The van der Waals surface area contributed by atoms with E-state index in [-0.39, 0.29) is 0 Å². The quantitative estimate of drug-likeness (QED) is 0.412. The molecule has 68 valence electrons. The minimum atomic E-state index is 0.950. The van der Waals surface area contributed by atoms with E-state index in [1.807, 2.05) is 12.1 Å². The monoisotopic (exact) mass is 206 g/mol. The van der Waals surface area contributed by atoms with E-state index in [0.717, 1.165) is 15.5 Å². The standard InChI is InChI=1S/C12H7N2.Al/c1-2-4-11-9(3-1)5-6-10-7-13-8-14-12(10)11;/h1-6,8H;. The van der Waals surface area contributed by atoms with Crippen LogP contribution in [0, 0.1) is 0 Å². The van der Waals surface area contributed by atoms with Gasteiger partial charge < -0.3 is 0 Å². The highest BCUT2D eigenvalue weighted by Crippen LogP contribution is 2.21. The van der Waals surface area contributed by atoms with E-state index >= 15 is 0 Å². The SMILES string of the molecule is [Al][c]1ncnc2c1ccc1ccccc12. The maximum absolute atomic E-state index is 4.35. The molecule has 1 aromatic heterocycles. The first-order valence-electron chi connectivity index (χ1n) is 4.74. The zero-order valence-corrected chi connectivity index (χ0v) is 9.17. The summed E-state index contributed by atoms with van der Waals surface area (Å²) in [6.07, 6.45) is 1.61. The van der Waals surface area contributed by atoms with Crippen LogP contribution in [0.5, 0.6) is 0 Å². The van der Waals surface area contributed by atoms with E-state index in [1.54, 1.807) is 6.33 Å². The smallest absolute Gasteiger partial charge is 0.211 e. The number of fused-ring (bicyclic) bond motifs is 3. The molecule has 0 aliphatic rings. The molecule has 3 rings (SSSR count). The highest BCUT2D eigenvalue weighted by molar-refractivity contribution is 6.37. The Morgan fingerprint density at radius 1 is 0.867 bits per heavy atom. The molecule has 2 radical (unpaired) electrons. The van der Waals surface area contributed by atoms with Gasteiger partial charge in [-0.05, 0) is 9.94 Å². The van der Waals surface area contributed by atoms with Crippen LogP contribution in [0.25, 0.3) is 21.7 Å². The van der Waals surface area contributed by atoms with Gasteiger partial charge in [0.15, 0.2) is 0 Å². The predicted molar refractivity (Wildman–Crippen MR) is 62.4 cm³/mol. The third-order valence-electron chi connectivity index (χ3n) is 2.56. The zero-order chi connectivity index (χ0) is 10.3. The molecule has 0 fully saturated rings. The number of hydrogen-bond donors (Lipinski definition) is 0. The lowest BCUT2D eigenvalue weighted by Gasteiger charge is -2.04. The van der Waals surface area contributed by atoms with Crippen molar-refractivity contribution >= 4 is 42.5 Å². The van der Waals surface area contributed by atoms with Crippen molar-refractivity contribution in [1.29, 1.82) is 0 Å². The van der Waals surface area contributed by atoms with Crippen molar-refractivity contribution in [3.63, 3.8) is 0 Å². The van der Waals surface area contributed by atoms with Crippen LogP contribution in [0.2, 0.25) is 0 Å². The fourth-order valence-electron chi connectivity index (χ4n) is 1.82. The number of benzene rings is 2. The second kappa shape index (κ2) is 3.30. The third-order valence-corrected chi connectivity index (χ3v) is 3.02. The minimum absolute atomic E-state index is 0.950. The van der Waals surface area contributed by atoms with Gasteiger partial charge in [-0.3, -0.25) is 4.98 Å². The second-order valence-electron chi connectivity index (χ2n) is 3.44. The summed E-state index contributed by atoms with van der Waals surface area (Å²) in [6, 6.07) is 12.4. The molecule has 15 heavy (non-hydrogen) atoms. The molecular formula is C12H7AlN2. The molecule has 0 spiro atoms. The first-order valence-corrected chi connectivity index (χ1v) is 5.32. The van der Waals surface area contributed by atoms with Crippen LogP contribution in [0.15, 0.2) is 42.7 Å². The number of nitrogens with zero attached hydrogens (tertiary/aromatic N) is 2. The minimum Gasteiger partial charge on any atom is -0.262 e. The van der Waals surface area contributed by atoms with Gasteiger partial charge in [-0.25, -0.2) is 4.98 Å². The van der Waals surface area contributed by atoms with Crippen molar-refractivity contribution in [2.45, 2.75) is 0 Å².